The normalized spacial score (nSPS) is 17.7. The number of carbonyl (C=O) groups excluding carboxylic acids is 1. The van der Waals surface area contributed by atoms with E-state index in [-0.39, 0.29) is 11.7 Å². The number of pyridine rings is 1. The van der Waals surface area contributed by atoms with E-state index in [2.05, 4.69) is 11.1 Å². The summed E-state index contributed by atoms with van der Waals surface area (Å²) in [6.45, 7) is 1.67. The van der Waals surface area contributed by atoms with Crippen molar-refractivity contribution in [2.45, 2.75) is 32.1 Å². The summed E-state index contributed by atoms with van der Waals surface area (Å²) in [5.74, 6) is 0.451. The summed E-state index contributed by atoms with van der Waals surface area (Å²) in [5.41, 5.74) is 2.11. The first kappa shape index (κ1) is 16.6. The Morgan fingerprint density at radius 3 is 2.79 bits per heavy atom. The topological polar surface area (TPSA) is 33.2 Å². The van der Waals surface area contributed by atoms with E-state index in [1.807, 2.05) is 23.2 Å². The number of nitrogens with zero attached hydrogens (tertiary/aromatic N) is 2. The van der Waals surface area contributed by atoms with Crippen LogP contribution in [0.25, 0.3) is 0 Å². The first-order valence-electron chi connectivity index (χ1n) is 8.63. The molecule has 24 heavy (non-hydrogen) atoms. The molecule has 2 heterocycles. The molecule has 0 bridgehead atoms. The Morgan fingerprint density at radius 1 is 1.21 bits per heavy atom. The summed E-state index contributed by atoms with van der Waals surface area (Å²) in [6, 6.07) is 12.4. The number of aromatic nitrogens is 1. The van der Waals surface area contributed by atoms with Crippen molar-refractivity contribution in [1.29, 1.82) is 0 Å². The molecule has 2 aromatic rings. The average molecular weight is 326 g/mol. The van der Waals surface area contributed by atoms with Gasteiger partial charge in [0.2, 0.25) is 5.91 Å². The maximum absolute atomic E-state index is 12.9. The lowest BCUT2D eigenvalue weighted by Crippen LogP contribution is -2.40. The van der Waals surface area contributed by atoms with Crippen LogP contribution in [0.15, 0.2) is 48.7 Å². The molecule has 0 spiro atoms. The summed E-state index contributed by atoms with van der Waals surface area (Å²) in [5, 5.41) is 0. The van der Waals surface area contributed by atoms with Gasteiger partial charge in [-0.15, -0.1) is 0 Å². The number of hydrogen-bond acceptors (Lipinski definition) is 2. The van der Waals surface area contributed by atoms with Crippen LogP contribution < -0.4 is 0 Å². The second kappa shape index (κ2) is 8.04. The number of aryl methyl sites for hydroxylation is 1. The Labute approximate surface area is 142 Å². The van der Waals surface area contributed by atoms with Gasteiger partial charge in [0.15, 0.2) is 0 Å². The molecule has 4 heteroatoms. The molecule has 0 unspecified atom stereocenters. The lowest BCUT2D eigenvalue weighted by atomic mass is 9.93. The minimum atomic E-state index is -0.238. The largest absolute Gasteiger partial charge is 0.342 e. The van der Waals surface area contributed by atoms with Crippen molar-refractivity contribution in [1.82, 2.24) is 9.88 Å². The number of carbonyl (C=O) groups is 1. The molecule has 1 amide bonds. The van der Waals surface area contributed by atoms with Gasteiger partial charge in [-0.3, -0.25) is 9.78 Å². The van der Waals surface area contributed by atoms with Crippen LogP contribution in [0.5, 0.6) is 0 Å². The Balaban J connectivity index is 1.50. The van der Waals surface area contributed by atoms with Crippen LogP contribution in [0.4, 0.5) is 4.39 Å². The molecular weight excluding hydrogens is 303 g/mol. The average Bonchev–Trinajstić information content (AvgIpc) is 2.62. The van der Waals surface area contributed by atoms with Gasteiger partial charge in [0.25, 0.3) is 0 Å². The van der Waals surface area contributed by atoms with E-state index in [4.69, 9.17) is 0 Å². The molecule has 1 aliphatic rings. The van der Waals surface area contributed by atoms with Crippen molar-refractivity contribution >= 4 is 5.91 Å². The van der Waals surface area contributed by atoms with Crippen LogP contribution in [0.2, 0.25) is 0 Å². The SMILES string of the molecule is O=C(CCc1ccc(F)cc1)N1CCC[C@H](Cc2ccccn2)C1. The van der Waals surface area contributed by atoms with Gasteiger partial charge in [-0.1, -0.05) is 18.2 Å². The predicted octanol–water partition coefficient (Wildman–Crippen LogP) is 3.63. The smallest absolute Gasteiger partial charge is 0.222 e. The number of hydrogen-bond donors (Lipinski definition) is 0. The van der Waals surface area contributed by atoms with Gasteiger partial charge in [0.05, 0.1) is 0 Å². The van der Waals surface area contributed by atoms with Gasteiger partial charge in [-0.2, -0.15) is 0 Å². The molecule has 0 aliphatic carbocycles. The summed E-state index contributed by atoms with van der Waals surface area (Å²) < 4.78 is 12.9. The lowest BCUT2D eigenvalue weighted by Gasteiger charge is -2.33. The Hall–Kier alpha value is -2.23. The quantitative estimate of drug-likeness (QED) is 0.840. The number of benzene rings is 1. The maximum Gasteiger partial charge on any atom is 0.222 e. The second-order valence-corrected chi connectivity index (χ2v) is 6.50. The zero-order valence-electron chi connectivity index (χ0n) is 13.8. The molecule has 126 valence electrons. The van der Waals surface area contributed by atoms with Crippen molar-refractivity contribution in [2.75, 3.05) is 13.1 Å². The van der Waals surface area contributed by atoms with E-state index >= 15 is 0 Å². The summed E-state index contributed by atoms with van der Waals surface area (Å²) in [4.78, 5) is 18.9. The summed E-state index contributed by atoms with van der Waals surface area (Å²) in [6.07, 6.45) is 6.12. The van der Waals surface area contributed by atoms with E-state index in [0.717, 1.165) is 43.6 Å². The van der Waals surface area contributed by atoms with E-state index in [0.29, 0.717) is 18.8 Å². The van der Waals surface area contributed by atoms with E-state index < -0.39 is 0 Å². The zero-order chi connectivity index (χ0) is 16.8. The van der Waals surface area contributed by atoms with Crippen LogP contribution in [-0.4, -0.2) is 28.9 Å². The highest BCUT2D eigenvalue weighted by Gasteiger charge is 2.23. The molecule has 3 nitrogen and oxygen atoms in total. The van der Waals surface area contributed by atoms with Crippen molar-refractivity contribution < 1.29 is 9.18 Å². The summed E-state index contributed by atoms with van der Waals surface area (Å²) in [7, 11) is 0. The highest BCUT2D eigenvalue weighted by Crippen LogP contribution is 2.21. The lowest BCUT2D eigenvalue weighted by molar-refractivity contribution is -0.133. The molecule has 1 atom stereocenters. The third kappa shape index (κ3) is 4.63. The fourth-order valence-electron chi connectivity index (χ4n) is 3.33. The number of likely N-dealkylation sites (tertiary alicyclic amines) is 1. The highest BCUT2D eigenvalue weighted by molar-refractivity contribution is 5.76. The van der Waals surface area contributed by atoms with E-state index in [9.17, 15) is 9.18 Å². The van der Waals surface area contributed by atoms with Crippen molar-refractivity contribution in [3.05, 3.63) is 65.7 Å². The zero-order valence-corrected chi connectivity index (χ0v) is 13.8. The minimum Gasteiger partial charge on any atom is -0.342 e. The highest BCUT2D eigenvalue weighted by atomic mass is 19.1. The molecular formula is C20H23FN2O. The Morgan fingerprint density at radius 2 is 2.04 bits per heavy atom. The Kier molecular flexibility index (Phi) is 5.57. The van der Waals surface area contributed by atoms with Crippen molar-refractivity contribution in [3.8, 4) is 0 Å². The number of amides is 1. The molecule has 1 aromatic heterocycles. The summed E-state index contributed by atoms with van der Waals surface area (Å²) >= 11 is 0. The van der Waals surface area contributed by atoms with E-state index in [1.54, 1.807) is 12.1 Å². The van der Waals surface area contributed by atoms with Crippen LogP contribution >= 0.6 is 0 Å². The third-order valence-corrected chi connectivity index (χ3v) is 4.64. The fourth-order valence-corrected chi connectivity index (χ4v) is 3.33. The van der Waals surface area contributed by atoms with Gasteiger partial charge < -0.3 is 4.90 Å². The molecule has 1 saturated heterocycles. The maximum atomic E-state index is 12.9. The monoisotopic (exact) mass is 326 g/mol. The van der Waals surface area contributed by atoms with Gasteiger partial charge in [0.1, 0.15) is 5.82 Å². The molecule has 1 aliphatic heterocycles. The van der Waals surface area contributed by atoms with Crippen LogP contribution in [-0.2, 0) is 17.6 Å². The molecule has 1 aromatic carbocycles. The van der Waals surface area contributed by atoms with Gasteiger partial charge in [-0.25, -0.2) is 4.39 Å². The molecule has 1 fully saturated rings. The van der Waals surface area contributed by atoms with Gasteiger partial charge in [-0.05, 0) is 61.4 Å². The first-order chi connectivity index (χ1) is 11.7. The van der Waals surface area contributed by atoms with Gasteiger partial charge >= 0.3 is 0 Å². The van der Waals surface area contributed by atoms with Gasteiger partial charge in [0, 0.05) is 31.4 Å². The van der Waals surface area contributed by atoms with Crippen molar-refractivity contribution in [2.24, 2.45) is 5.92 Å². The molecule has 0 radical (unpaired) electrons. The van der Waals surface area contributed by atoms with Crippen LogP contribution in [0.3, 0.4) is 0 Å². The number of halogens is 1. The standard InChI is InChI=1S/C20H23FN2O/c21-18-9-6-16(7-10-18)8-11-20(24)23-13-3-4-17(15-23)14-19-5-1-2-12-22-19/h1-2,5-7,9-10,12,17H,3-4,8,11,13-15H2/t17-/m1/s1. The first-order valence-corrected chi connectivity index (χ1v) is 8.63. The van der Waals surface area contributed by atoms with Crippen LogP contribution in [0.1, 0.15) is 30.5 Å². The Bertz CT molecular complexity index is 657. The van der Waals surface area contributed by atoms with Crippen molar-refractivity contribution in [3.63, 3.8) is 0 Å². The minimum absolute atomic E-state index is 0.199. The fraction of sp³-hybridized carbons (Fsp3) is 0.400. The van der Waals surface area contributed by atoms with E-state index in [1.165, 1.54) is 12.1 Å². The van der Waals surface area contributed by atoms with Crippen LogP contribution in [0, 0.1) is 11.7 Å². The second-order valence-electron chi connectivity index (χ2n) is 6.50. The number of rotatable bonds is 5. The number of piperidine rings is 1. The third-order valence-electron chi connectivity index (χ3n) is 4.64. The molecule has 0 saturated carbocycles. The molecule has 0 N–H and O–H groups in total. The molecule has 3 rings (SSSR count). The predicted molar refractivity (Wildman–Crippen MR) is 92.0 cm³/mol.